The van der Waals surface area contributed by atoms with Crippen molar-refractivity contribution in [2.24, 2.45) is 15.8 Å². The van der Waals surface area contributed by atoms with E-state index in [1.165, 1.54) is 6.07 Å². The van der Waals surface area contributed by atoms with Crippen molar-refractivity contribution < 1.29 is 18.0 Å². The lowest BCUT2D eigenvalue weighted by atomic mass is 9.98. The molecule has 26 heavy (non-hydrogen) atoms. The SMILES string of the molecule is NNC(=O)C1=Nc2ccc(C(F)(F)F)cc2C(c2ccccc2Cl)=NC1. The Morgan fingerprint density at radius 1 is 1.15 bits per heavy atom. The van der Waals surface area contributed by atoms with E-state index in [0.29, 0.717) is 10.6 Å². The molecule has 134 valence electrons. The van der Waals surface area contributed by atoms with Crippen molar-refractivity contribution in [3.63, 3.8) is 0 Å². The molecular weight excluding hydrogens is 369 g/mol. The zero-order valence-electron chi connectivity index (χ0n) is 13.1. The van der Waals surface area contributed by atoms with E-state index in [9.17, 15) is 18.0 Å². The minimum atomic E-state index is -4.53. The van der Waals surface area contributed by atoms with Crippen LogP contribution in [0.4, 0.5) is 18.9 Å². The number of nitrogens with zero attached hydrogens (tertiary/aromatic N) is 2. The second-order valence-corrected chi connectivity index (χ2v) is 5.81. The summed E-state index contributed by atoms with van der Waals surface area (Å²) in [5.41, 5.74) is 2.06. The normalized spacial score (nSPS) is 14.0. The third kappa shape index (κ3) is 3.47. The van der Waals surface area contributed by atoms with Gasteiger partial charge in [0.05, 0.1) is 23.5 Å². The van der Waals surface area contributed by atoms with E-state index in [0.717, 1.165) is 12.1 Å². The third-order valence-corrected chi connectivity index (χ3v) is 4.07. The Balaban J connectivity index is 2.24. The fourth-order valence-electron chi connectivity index (χ4n) is 2.51. The van der Waals surface area contributed by atoms with E-state index in [2.05, 4.69) is 9.98 Å². The highest BCUT2D eigenvalue weighted by Crippen LogP contribution is 2.35. The zero-order chi connectivity index (χ0) is 18.9. The van der Waals surface area contributed by atoms with Gasteiger partial charge in [-0.2, -0.15) is 13.2 Å². The van der Waals surface area contributed by atoms with Crippen LogP contribution < -0.4 is 11.3 Å². The third-order valence-electron chi connectivity index (χ3n) is 3.74. The summed E-state index contributed by atoms with van der Waals surface area (Å²) < 4.78 is 39.4. The number of hydrogen-bond donors (Lipinski definition) is 2. The molecule has 0 aromatic heterocycles. The van der Waals surface area contributed by atoms with Crippen molar-refractivity contribution in [2.75, 3.05) is 6.54 Å². The Kier molecular flexibility index (Phi) is 4.80. The predicted molar refractivity (Wildman–Crippen MR) is 92.8 cm³/mol. The molecule has 1 amide bonds. The number of amides is 1. The lowest BCUT2D eigenvalue weighted by Gasteiger charge is -2.13. The highest BCUT2D eigenvalue weighted by molar-refractivity contribution is 6.41. The molecule has 5 nitrogen and oxygen atoms in total. The van der Waals surface area contributed by atoms with Crippen LogP contribution in [0.1, 0.15) is 16.7 Å². The van der Waals surface area contributed by atoms with Crippen molar-refractivity contribution in [1.29, 1.82) is 0 Å². The van der Waals surface area contributed by atoms with E-state index < -0.39 is 17.6 Å². The lowest BCUT2D eigenvalue weighted by Crippen LogP contribution is -2.37. The summed E-state index contributed by atoms with van der Waals surface area (Å²) in [5, 5.41) is 0.321. The summed E-state index contributed by atoms with van der Waals surface area (Å²) in [5.74, 6) is 4.46. The summed E-state index contributed by atoms with van der Waals surface area (Å²) in [4.78, 5) is 20.2. The minimum Gasteiger partial charge on any atom is -0.289 e. The molecule has 9 heteroatoms. The second kappa shape index (κ2) is 6.89. The molecule has 2 aromatic carbocycles. The number of hydrogen-bond acceptors (Lipinski definition) is 4. The van der Waals surface area contributed by atoms with Gasteiger partial charge in [-0.25, -0.2) is 10.8 Å². The highest BCUT2D eigenvalue weighted by Gasteiger charge is 2.32. The average molecular weight is 381 g/mol. The number of nitrogens with one attached hydrogen (secondary N) is 1. The molecule has 0 fully saturated rings. The molecule has 1 aliphatic rings. The maximum Gasteiger partial charge on any atom is 0.416 e. The van der Waals surface area contributed by atoms with Crippen LogP contribution >= 0.6 is 11.6 Å². The first-order valence-electron chi connectivity index (χ1n) is 7.40. The predicted octanol–water partition coefficient (Wildman–Crippen LogP) is 3.27. The van der Waals surface area contributed by atoms with Gasteiger partial charge in [-0.1, -0.05) is 29.8 Å². The smallest absolute Gasteiger partial charge is 0.289 e. The van der Waals surface area contributed by atoms with Crippen LogP contribution in [-0.2, 0) is 11.0 Å². The van der Waals surface area contributed by atoms with Crippen LogP contribution in [0.25, 0.3) is 0 Å². The van der Waals surface area contributed by atoms with Crippen LogP contribution in [0.5, 0.6) is 0 Å². The van der Waals surface area contributed by atoms with E-state index in [-0.39, 0.29) is 29.2 Å². The number of rotatable bonds is 2. The molecule has 0 spiro atoms. The quantitative estimate of drug-likeness (QED) is 0.476. The first-order valence-corrected chi connectivity index (χ1v) is 7.78. The van der Waals surface area contributed by atoms with Crippen LogP contribution in [0, 0.1) is 0 Å². The van der Waals surface area contributed by atoms with E-state index in [1.54, 1.807) is 24.3 Å². The van der Waals surface area contributed by atoms with Gasteiger partial charge in [0.1, 0.15) is 5.71 Å². The maximum atomic E-state index is 13.1. The number of halogens is 4. The van der Waals surface area contributed by atoms with Gasteiger partial charge in [0.15, 0.2) is 0 Å². The van der Waals surface area contributed by atoms with Crippen LogP contribution in [0.3, 0.4) is 0 Å². The number of aliphatic imine (C=N–C) groups is 2. The van der Waals surface area contributed by atoms with Gasteiger partial charge < -0.3 is 0 Å². The Bertz CT molecular complexity index is 938. The van der Waals surface area contributed by atoms with Crippen molar-refractivity contribution in [2.45, 2.75) is 6.18 Å². The van der Waals surface area contributed by atoms with Crippen LogP contribution in [0.15, 0.2) is 52.4 Å². The van der Waals surface area contributed by atoms with Gasteiger partial charge in [0, 0.05) is 16.1 Å². The summed E-state index contributed by atoms with van der Waals surface area (Å²) in [7, 11) is 0. The molecule has 0 saturated heterocycles. The molecule has 3 N–H and O–H groups in total. The van der Waals surface area contributed by atoms with E-state index >= 15 is 0 Å². The van der Waals surface area contributed by atoms with Gasteiger partial charge in [0.2, 0.25) is 0 Å². The highest BCUT2D eigenvalue weighted by atomic mass is 35.5. The summed E-state index contributed by atoms with van der Waals surface area (Å²) in [6.45, 7) is -0.153. The molecular formula is C17H12ClF3N4O. The van der Waals surface area contributed by atoms with Crippen molar-refractivity contribution in [3.05, 3.63) is 64.2 Å². The Labute approximate surface area is 151 Å². The molecule has 0 saturated carbocycles. The number of benzene rings is 2. The van der Waals surface area contributed by atoms with Crippen molar-refractivity contribution in [1.82, 2.24) is 5.43 Å². The number of fused-ring (bicyclic) bond motifs is 1. The maximum absolute atomic E-state index is 13.1. The Morgan fingerprint density at radius 2 is 1.88 bits per heavy atom. The first-order chi connectivity index (χ1) is 12.3. The molecule has 0 aliphatic carbocycles. The Morgan fingerprint density at radius 3 is 2.54 bits per heavy atom. The van der Waals surface area contributed by atoms with Crippen LogP contribution in [0.2, 0.25) is 5.02 Å². The number of alkyl halides is 3. The average Bonchev–Trinajstić information content (AvgIpc) is 2.80. The standard InChI is InChI=1S/C17H12ClF3N4O/c18-12-4-2-1-3-10(12)15-11-7-9(17(19,20)21)5-6-13(11)24-14(8-23-15)16(26)25-22/h1-7H,8,22H2,(H,25,26). The molecule has 1 aliphatic heterocycles. The van der Waals surface area contributed by atoms with Gasteiger partial charge in [-0.05, 0) is 24.3 Å². The molecule has 0 radical (unpaired) electrons. The summed E-state index contributed by atoms with van der Waals surface area (Å²) in [6.07, 6.45) is -4.53. The van der Waals surface area contributed by atoms with Gasteiger partial charge in [-0.3, -0.25) is 15.2 Å². The lowest BCUT2D eigenvalue weighted by molar-refractivity contribution is -0.137. The fourth-order valence-corrected chi connectivity index (χ4v) is 2.73. The molecule has 0 unspecified atom stereocenters. The monoisotopic (exact) mass is 380 g/mol. The molecule has 2 aromatic rings. The second-order valence-electron chi connectivity index (χ2n) is 5.41. The van der Waals surface area contributed by atoms with E-state index in [1.807, 2.05) is 5.43 Å². The molecule has 3 rings (SSSR count). The summed E-state index contributed by atoms with van der Waals surface area (Å²) in [6, 6.07) is 9.67. The minimum absolute atomic E-state index is 0.0180. The molecule has 1 heterocycles. The molecule has 0 bridgehead atoms. The summed E-state index contributed by atoms with van der Waals surface area (Å²) >= 11 is 6.19. The zero-order valence-corrected chi connectivity index (χ0v) is 13.9. The van der Waals surface area contributed by atoms with Crippen LogP contribution in [-0.4, -0.2) is 23.9 Å². The van der Waals surface area contributed by atoms with Crippen molar-refractivity contribution >= 4 is 34.6 Å². The molecule has 0 atom stereocenters. The topological polar surface area (TPSA) is 79.8 Å². The largest absolute Gasteiger partial charge is 0.416 e. The van der Waals surface area contributed by atoms with E-state index in [4.69, 9.17) is 17.4 Å². The van der Waals surface area contributed by atoms with Gasteiger partial charge in [-0.15, -0.1) is 0 Å². The Hall–Kier alpha value is -2.71. The number of carbonyl (C=O) groups is 1. The number of carbonyl (C=O) groups excluding carboxylic acids is 1. The van der Waals surface area contributed by atoms with Gasteiger partial charge in [0.25, 0.3) is 5.91 Å². The number of nitrogens with two attached hydrogens (primary N) is 1. The number of hydrazine groups is 1. The first kappa shape index (κ1) is 18.1. The van der Waals surface area contributed by atoms with Crippen molar-refractivity contribution in [3.8, 4) is 0 Å². The van der Waals surface area contributed by atoms with Gasteiger partial charge >= 0.3 is 6.18 Å². The fraction of sp³-hybridized carbons (Fsp3) is 0.118.